The molecule has 2 aromatic heterocycles. The van der Waals surface area contributed by atoms with Gasteiger partial charge in [0.05, 0.1) is 34.5 Å². The summed E-state index contributed by atoms with van der Waals surface area (Å²) in [7, 11) is 0. The summed E-state index contributed by atoms with van der Waals surface area (Å²) in [6.07, 6.45) is 5.62. The Bertz CT molecular complexity index is 1650. The second-order valence-corrected chi connectivity index (χ2v) is 8.14. The Morgan fingerprint density at radius 3 is 2.41 bits per heavy atom. The van der Waals surface area contributed by atoms with Crippen LogP contribution >= 0.6 is 0 Å². The Labute approximate surface area is 195 Å². The zero-order valence-electron chi connectivity index (χ0n) is 18.1. The lowest BCUT2D eigenvalue weighted by molar-refractivity contribution is 0.477. The van der Waals surface area contributed by atoms with Crippen LogP contribution in [0, 0.1) is 0 Å². The Morgan fingerprint density at radius 2 is 1.47 bits per heavy atom. The highest BCUT2D eigenvalue weighted by molar-refractivity contribution is 5.88. The maximum atomic E-state index is 6.27. The van der Waals surface area contributed by atoms with E-state index in [9.17, 15) is 0 Å². The van der Waals surface area contributed by atoms with E-state index in [0.717, 1.165) is 50.8 Å². The minimum absolute atomic E-state index is 0.796. The molecule has 0 spiro atoms. The average Bonchev–Trinajstić information content (AvgIpc) is 3.58. The summed E-state index contributed by atoms with van der Waals surface area (Å²) in [6, 6.07) is 32.8. The number of benzene rings is 4. The van der Waals surface area contributed by atoms with Gasteiger partial charge in [-0.1, -0.05) is 36.4 Å². The molecule has 0 fully saturated rings. The van der Waals surface area contributed by atoms with Gasteiger partial charge in [0.2, 0.25) is 0 Å². The fourth-order valence-electron chi connectivity index (χ4n) is 4.53. The van der Waals surface area contributed by atoms with E-state index in [1.54, 1.807) is 6.20 Å². The zero-order valence-corrected chi connectivity index (χ0v) is 18.1. The van der Waals surface area contributed by atoms with E-state index in [2.05, 4.69) is 63.6 Å². The quantitative estimate of drug-likeness (QED) is 0.303. The summed E-state index contributed by atoms with van der Waals surface area (Å²) in [6.45, 7) is 0. The van der Waals surface area contributed by atoms with Crippen molar-refractivity contribution in [1.82, 2.24) is 19.6 Å². The molecular weight excluding hydrogens is 422 g/mol. The first kappa shape index (κ1) is 18.7. The van der Waals surface area contributed by atoms with E-state index in [1.165, 1.54) is 0 Å². The van der Waals surface area contributed by atoms with Crippen LogP contribution in [0.3, 0.4) is 0 Å². The number of hydrogen-bond donors (Lipinski definition) is 0. The summed E-state index contributed by atoms with van der Waals surface area (Å²) >= 11 is 0. The van der Waals surface area contributed by atoms with Gasteiger partial charge in [-0.2, -0.15) is 10.2 Å². The van der Waals surface area contributed by atoms with Crippen LogP contribution in [0.25, 0.3) is 22.3 Å². The Balaban J connectivity index is 1.42. The Kier molecular flexibility index (Phi) is 4.04. The summed E-state index contributed by atoms with van der Waals surface area (Å²) in [4.78, 5) is 2.23. The van der Waals surface area contributed by atoms with E-state index in [0.29, 0.717) is 0 Å². The molecule has 0 saturated carbocycles. The van der Waals surface area contributed by atoms with Crippen LogP contribution in [-0.2, 0) is 0 Å². The van der Waals surface area contributed by atoms with Gasteiger partial charge in [0.25, 0.3) is 0 Å². The monoisotopic (exact) mass is 441 g/mol. The van der Waals surface area contributed by atoms with Crippen molar-refractivity contribution < 1.29 is 4.74 Å². The van der Waals surface area contributed by atoms with Crippen LogP contribution < -0.4 is 9.64 Å². The first-order valence-corrected chi connectivity index (χ1v) is 11.1. The van der Waals surface area contributed by atoms with Crippen LogP contribution in [0.4, 0.5) is 17.1 Å². The van der Waals surface area contributed by atoms with Crippen LogP contribution in [0.2, 0.25) is 0 Å². The normalized spacial score (nSPS) is 12.3. The molecule has 162 valence electrons. The fourth-order valence-corrected chi connectivity index (χ4v) is 4.53. The van der Waals surface area contributed by atoms with E-state index in [4.69, 9.17) is 4.74 Å². The van der Waals surface area contributed by atoms with Crippen molar-refractivity contribution in [1.29, 1.82) is 0 Å². The van der Waals surface area contributed by atoms with E-state index in [1.807, 2.05) is 70.3 Å². The van der Waals surface area contributed by atoms with Gasteiger partial charge in [-0.25, -0.2) is 9.36 Å². The number of fused-ring (bicyclic) bond motifs is 3. The third kappa shape index (κ3) is 2.89. The maximum Gasteiger partial charge on any atom is 0.151 e. The molecule has 0 radical (unpaired) electrons. The van der Waals surface area contributed by atoms with Crippen LogP contribution in [0.1, 0.15) is 0 Å². The molecule has 6 nitrogen and oxygen atoms in total. The molecule has 0 aliphatic carbocycles. The number of nitrogens with zero attached hydrogens (tertiary/aromatic N) is 5. The van der Waals surface area contributed by atoms with Gasteiger partial charge in [-0.3, -0.25) is 0 Å². The smallest absolute Gasteiger partial charge is 0.151 e. The van der Waals surface area contributed by atoms with E-state index >= 15 is 0 Å². The molecule has 1 aliphatic rings. The van der Waals surface area contributed by atoms with Crippen molar-refractivity contribution in [3.8, 4) is 22.9 Å². The van der Waals surface area contributed by atoms with Crippen LogP contribution in [-0.4, -0.2) is 19.6 Å². The summed E-state index contributed by atoms with van der Waals surface area (Å²) < 4.78 is 10.1. The average molecular weight is 441 g/mol. The Morgan fingerprint density at radius 1 is 0.618 bits per heavy atom. The molecule has 0 bridgehead atoms. The van der Waals surface area contributed by atoms with Gasteiger partial charge in [0.1, 0.15) is 0 Å². The van der Waals surface area contributed by atoms with Crippen molar-refractivity contribution in [2.45, 2.75) is 0 Å². The van der Waals surface area contributed by atoms with Gasteiger partial charge in [-0.05, 0) is 60.7 Å². The molecule has 4 aromatic carbocycles. The highest BCUT2D eigenvalue weighted by atomic mass is 16.5. The summed E-state index contributed by atoms with van der Waals surface area (Å²) in [5.41, 5.74) is 5.98. The van der Waals surface area contributed by atoms with Crippen molar-refractivity contribution in [2.24, 2.45) is 0 Å². The number of aromatic nitrogens is 4. The zero-order chi connectivity index (χ0) is 22.5. The van der Waals surface area contributed by atoms with Crippen LogP contribution in [0.5, 0.6) is 11.5 Å². The Hall–Kier alpha value is -4.84. The molecular formula is C28H19N5O. The van der Waals surface area contributed by atoms with Gasteiger partial charge in [-0.15, -0.1) is 0 Å². The number of hydrogen-bond acceptors (Lipinski definition) is 4. The van der Waals surface area contributed by atoms with Gasteiger partial charge in [0, 0.05) is 23.5 Å². The summed E-state index contributed by atoms with van der Waals surface area (Å²) in [5, 5.41) is 10.2. The fraction of sp³-hybridized carbons (Fsp3) is 0. The standard InChI is InChI=1S/C28H19N5O/c1-2-10-24-20(7-1)19-30-33(24)23-9-5-8-22(17-23)32-25-11-3-4-12-27(25)34-28-14-13-21(18-26(28)32)31-16-6-15-29-31/h1-19H. The third-order valence-corrected chi connectivity index (χ3v) is 6.09. The van der Waals surface area contributed by atoms with Crippen molar-refractivity contribution in [2.75, 3.05) is 4.90 Å². The lowest BCUT2D eigenvalue weighted by Crippen LogP contribution is -2.16. The second kappa shape index (κ2) is 7.35. The van der Waals surface area contributed by atoms with Gasteiger partial charge >= 0.3 is 0 Å². The molecule has 0 N–H and O–H groups in total. The second-order valence-electron chi connectivity index (χ2n) is 8.14. The first-order valence-electron chi connectivity index (χ1n) is 11.1. The number of para-hydroxylation sites is 3. The first-order chi connectivity index (χ1) is 16.8. The lowest BCUT2D eigenvalue weighted by atomic mass is 10.1. The number of ether oxygens (including phenoxy) is 1. The molecule has 1 aliphatic heterocycles. The predicted molar refractivity (Wildman–Crippen MR) is 133 cm³/mol. The minimum atomic E-state index is 0.796. The molecule has 34 heavy (non-hydrogen) atoms. The molecule has 0 unspecified atom stereocenters. The number of rotatable bonds is 3. The summed E-state index contributed by atoms with van der Waals surface area (Å²) in [5.74, 6) is 1.61. The highest BCUT2D eigenvalue weighted by Crippen LogP contribution is 2.50. The number of anilines is 3. The van der Waals surface area contributed by atoms with E-state index < -0.39 is 0 Å². The molecule has 6 heteroatoms. The largest absolute Gasteiger partial charge is 0.453 e. The van der Waals surface area contributed by atoms with E-state index in [-0.39, 0.29) is 0 Å². The highest BCUT2D eigenvalue weighted by Gasteiger charge is 2.26. The molecule has 6 aromatic rings. The van der Waals surface area contributed by atoms with Crippen molar-refractivity contribution in [3.63, 3.8) is 0 Å². The molecule has 0 atom stereocenters. The SMILES string of the molecule is c1cc(N2c3ccccc3Oc3ccc(-n4cccn4)cc32)cc(-n2ncc3ccccc32)c1. The van der Waals surface area contributed by atoms with Gasteiger partial charge < -0.3 is 9.64 Å². The molecule has 7 rings (SSSR count). The van der Waals surface area contributed by atoms with Crippen molar-refractivity contribution in [3.05, 3.63) is 116 Å². The molecule has 3 heterocycles. The van der Waals surface area contributed by atoms with Crippen LogP contribution in [0.15, 0.2) is 116 Å². The third-order valence-electron chi connectivity index (χ3n) is 6.09. The lowest BCUT2D eigenvalue weighted by Gasteiger charge is -2.33. The maximum absolute atomic E-state index is 6.27. The van der Waals surface area contributed by atoms with Gasteiger partial charge in [0.15, 0.2) is 11.5 Å². The molecule has 0 saturated heterocycles. The predicted octanol–water partition coefficient (Wildman–Crippen LogP) is 6.79. The molecule has 0 amide bonds. The van der Waals surface area contributed by atoms with Crippen molar-refractivity contribution >= 4 is 28.0 Å². The minimum Gasteiger partial charge on any atom is -0.453 e. The topological polar surface area (TPSA) is 48.1 Å².